The summed E-state index contributed by atoms with van der Waals surface area (Å²) in [6.45, 7) is 1.85. The molecule has 1 N–H and O–H groups in total. The smallest absolute Gasteiger partial charge is 0.310 e. The van der Waals surface area contributed by atoms with Crippen LogP contribution in [-0.4, -0.2) is 17.6 Å². The molecule has 0 aliphatic rings. The van der Waals surface area contributed by atoms with Crippen LogP contribution < -0.4 is 5.56 Å². The highest BCUT2D eigenvalue weighted by molar-refractivity contribution is 9.10. The molecule has 0 unspecified atom stereocenters. The van der Waals surface area contributed by atoms with E-state index in [9.17, 15) is 18.4 Å². The van der Waals surface area contributed by atoms with Gasteiger partial charge in [0.15, 0.2) is 0 Å². The minimum Gasteiger partial charge on any atom is -0.466 e. The van der Waals surface area contributed by atoms with Gasteiger partial charge in [-0.1, -0.05) is 0 Å². The van der Waals surface area contributed by atoms with Crippen LogP contribution in [0, 0.1) is 0 Å². The van der Waals surface area contributed by atoms with Gasteiger partial charge in [0, 0.05) is 10.7 Å². The Morgan fingerprint density at radius 3 is 2.76 bits per heavy atom. The Balaban J connectivity index is 3.07. The fourth-order valence-electron chi connectivity index (χ4n) is 1.26. The number of carbonyl (C=O) groups excluding carboxylic acids is 1. The normalized spacial score (nSPS) is 10.6. The lowest BCUT2D eigenvalue weighted by Gasteiger charge is -2.08. The molecular formula is C10H10BrF2NO3. The Kier molecular flexibility index (Phi) is 4.80. The van der Waals surface area contributed by atoms with Gasteiger partial charge in [-0.05, 0) is 28.4 Å². The third kappa shape index (κ3) is 3.36. The van der Waals surface area contributed by atoms with Gasteiger partial charge in [0.1, 0.15) is 0 Å². The maximum Gasteiger partial charge on any atom is 0.310 e. The van der Waals surface area contributed by atoms with Crippen molar-refractivity contribution in [2.45, 2.75) is 19.8 Å². The molecule has 1 aromatic rings. The number of H-pyrrole nitrogens is 1. The number of ether oxygens (including phenoxy) is 1. The second-order valence-corrected chi connectivity index (χ2v) is 3.95. The molecule has 17 heavy (non-hydrogen) atoms. The van der Waals surface area contributed by atoms with E-state index in [0.29, 0.717) is 0 Å². The molecule has 94 valence electrons. The zero-order valence-electron chi connectivity index (χ0n) is 8.93. The highest BCUT2D eigenvalue weighted by Gasteiger charge is 2.20. The monoisotopic (exact) mass is 309 g/mol. The summed E-state index contributed by atoms with van der Waals surface area (Å²) in [5.41, 5.74) is -1.29. The van der Waals surface area contributed by atoms with E-state index in [1.807, 2.05) is 0 Å². The molecule has 1 aromatic heterocycles. The Morgan fingerprint density at radius 1 is 1.59 bits per heavy atom. The first-order valence-electron chi connectivity index (χ1n) is 4.81. The van der Waals surface area contributed by atoms with Crippen LogP contribution in [0.2, 0.25) is 0 Å². The van der Waals surface area contributed by atoms with Crippen LogP contribution in [0.5, 0.6) is 0 Å². The second kappa shape index (κ2) is 5.90. The number of hydrogen-bond donors (Lipinski definition) is 1. The third-order valence-corrected chi connectivity index (χ3v) is 2.94. The van der Waals surface area contributed by atoms with Crippen molar-refractivity contribution >= 4 is 21.9 Å². The minimum absolute atomic E-state index is 0.0516. The number of hydrogen-bond acceptors (Lipinski definition) is 3. The summed E-state index contributed by atoms with van der Waals surface area (Å²) in [4.78, 5) is 24.5. The van der Waals surface area contributed by atoms with Crippen LogP contribution in [0.3, 0.4) is 0 Å². The molecule has 1 heterocycles. The van der Waals surface area contributed by atoms with Gasteiger partial charge in [0.25, 0.3) is 12.0 Å². The van der Waals surface area contributed by atoms with E-state index in [0.717, 1.165) is 0 Å². The number of aromatic nitrogens is 1. The molecule has 0 aliphatic carbocycles. The number of pyridine rings is 1. The molecule has 0 atom stereocenters. The lowest BCUT2D eigenvalue weighted by molar-refractivity contribution is -0.142. The average molecular weight is 310 g/mol. The number of nitrogens with one attached hydrogen (secondary N) is 1. The Bertz CT molecular complexity index is 473. The van der Waals surface area contributed by atoms with Crippen molar-refractivity contribution in [3.63, 3.8) is 0 Å². The van der Waals surface area contributed by atoms with Gasteiger partial charge in [-0.2, -0.15) is 0 Å². The van der Waals surface area contributed by atoms with Crippen molar-refractivity contribution < 1.29 is 18.3 Å². The Morgan fingerprint density at radius 2 is 2.24 bits per heavy atom. The number of esters is 1. The highest BCUT2D eigenvalue weighted by Crippen LogP contribution is 2.26. The minimum atomic E-state index is -2.91. The topological polar surface area (TPSA) is 59.2 Å². The highest BCUT2D eigenvalue weighted by atomic mass is 79.9. The summed E-state index contributed by atoms with van der Waals surface area (Å²) < 4.78 is 29.8. The maximum atomic E-state index is 12.6. The Labute approximate surface area is 104 Å². The average Bonchev–Trinajstić information content (AvgIpc) is 2.22. The molecule has 7 heteroatoms. The van der Waals surface area contributed by atoms with Crippen molar-refractivity contribution in [3.8, 4) is 0 Å². The predicted molar refractivity (Wildman–Crippen MR) is 60.1 cm³/mol. The van der Waals surface area contributed by atoms with E-state index in [-0.39, 0.29) is 23.1 Å². The molecule has 0 aromatic carbocycles. The fourth-order valence-corrected chi connectivity index (χ4v) is 1.87. The first-order valence-corrected chi connectivity index (χ1v) is 5.60. The van der Waals surface area contributed by atoms with Gasteiger partial charge < -0.3 is 9.72 Å². The zero-order valence-corrected chi connectivity index (χ0v) is 10.5. The van der Waals surface area contributed by atoms with Crippen LogP contribution in [-0.2, 0) is 16.0 Å². The van der Waals surface area contributed by atoms with Crippen LogP contribution in [0.25, 0.3) is 0 Å². The first-order chi connectivity index (χ1) is 7.97. The van der Waals surface area contributed by atoms with Crippen LogP contribution in [0.15, 0.2) is 15.5 Å². The molecule has 0 saturated carbocycles. The van der Waals surface area contributed by atoms with Gasteiger partial charge >= 0.3 is 5.97 Å². The van der Waals surface area contributed by atoms with Gasteiger partial charge in [-0.25, -0.2) is 8.78 Å². The van der Waals surface area contributed by atoms with Crippen LogP contribution in [0.4, 0.5) is 8.78 Å². The molecule has 0 radical (unpaired) electrons. The van der Waals surface area contributed by atoms with Crippen molar-refractivity contribution in [2.75, 3.05) is 6.61 Å². The van der Waals surface area contributed by atoms with Gasteiger partial charge in [-0.15, -0.1) is 0 Å². The standard InChI is InChI=1S/C10H10BrF2NO3/c1-2-17-6(15)3-5-4-14-10(16)7(8(5)11)9(12)13/h4,9H,2-3H2,1H3,(H,14,16). The summed E-state index contributed by atoms with van der Waals surface area (Å²) in [6.07, 6.45) is -1.87. The number of carbonyl (C=O) groups is 1. The fraction of sp³-hybridized carbons (Fsp3) is 0.400. The summed E-state index contributed by atoms with van der Waals surface area (Å²) in [6, 6.07) is 0. The maximum absolute atomic E-state index is 12.6. The van der Waals surface area contributed by atoms with E-state index >= 15 is 0 Å². The van der Waals surface area contributed by atoms with Crippen molar-refractivity contribution in [1.82, 2.24) is 4.98 Å². The number of aromatic amines is 1. The van der Waals surface area contributed by atoms with Crippen LogP contribution in [0.1, 0.15) is 24.5 Å². The molecule has 0 saturated heterocycles. The number of alkyl halides is 2. The van der Waals surface area contributed by atoms with Crippen LogP contribution >= 0.6 is 15.9 Å². The molecule has 1 rings (SSSR count). The SMILES string of the molecule is CCOC(=O)Cc1c[nH]c(=O)c(C(F)F)c1Br. The van der Waals surface area contributed by atoms with Crippen molar-refractivity contribution in [1.29, 1.82) is 0 Å². The van der Waals surface area contributed by atoms with E-state index < -0.39 is 23.5 Å². The molecule has 4 nitrogen and oxygen atoms in total. The van der Waals surface area contributed by atoms with E-state index in [1.165, 1.54) is 6.20 Å². The molecule has 0 amide bonds. The quantitative estimate of drug-likeness (QED) is 0.867. The largest absolute Gasteiger partial charge is 0.466 e. The lowest BCUT2D eigenvalue weighted by Crippen LogP contribution is -2.17. The van der Waals surface area contributed by atoms with Gasteiger partial charge in [0.05, 0.1) is 18.6 Å². The van der Waals surface area contributed by atoms with E-state index in [1.54, 1.807) is 6.92 Å². The molecule has 0 fully saturated rings. The molecule has 0 bridgehead atoms. The van der Waals surface area contributed by atoms with Gasteiger partial charge in [0.2, 0.25) is 0 Å². The zero-order chi connectivity index (χ0) is 13.0. The Hall–Kier alpha value is -1.24. The first kappa shape index (κ1) is 13.8. The molecular weight excluding hydrogens is 300 g/mol. The second-order valence-electron chi connectivity index (χ2n) is 3.15. The summed E-state index contributed by atoms with van der Waals surface area (Å²) in [5, 5.41) is 0. The number of rotatable bonds is 4. The van der Waals surface area contributed by atoms with Crippen molar-refractivity contribution in [2.24, 2.45) is 0 Å². The van der Waals surface area contributed by atoms with E-state index in [2.05, 4.69) is 20.9 Å². The lowest BCUT2D eigenvalue weighted by atomic mass is 10.1. The molecule has 0 spiro atoms. The molecule has 0 aliphatic heterocycles. The summed E-state index contributed by atoms with van der Waals surface area (Å²) in [5.74, 6) is -0.541. The predicted octanol–water partition coefficient (Wildman–Crippen LogP) is 2.18. The summed E-state index contributed by atoms with van der Waals surface area (Å²) >= 11 is 2.90. The summed E-state index contributed by atoms with van der Waals surface area (Å²) in [7, 11) is 0. The van der Waals surface area contributed by atoms with Crippen molar-refractivity contribution in [3.05, 3.63) is 32.2 Å². The third-order valence-electron chi connectivity index (χ3n) is 2.00. The van der Waals surface area contributed by atoms with E-state index in [4.69, 9.17) is 4.74 Å². The van der Waals surface area contributed by atoms with Gasteiger partial charge in [-0.3, -0.25) is 9.59 Å². The number of halogens is 3.